The number of nitrogens with zero attached hydrogens (tertiary/aromatic N) is 5. The molecule has 3 rings (SSSR count). The van der Waals surface area contributed by atoms with E-state index in [-0.39, 0.29) is 0 Å². The third-order valence-corrected chi connectivity index (χ3v) is 5.09. The maximum absolute atomic E-state index is 5.39. The van der Waals surface area contributed by atoms with Crippen LogP contribution in [0, 0.1) is 0 Å². The van der Waals surface area contributed by atoms with E-state index in [1.807, 2.05) is 23.9 Å². The van der Waals surface area contributed by atoms with Crippen LogP contribution in [0.3, 0.4) is 0 Å². The second kappa shape index (κ2) is 6.76. The lowest BCUT2D eigenvalue weighted by Crippen LogP contribution is -2.36. The minimum absolute atomic E-state index is 0.565. The number of likely N-dealkylation sites (tertiary alicyclic amines) is 1. The summed E-state index contributed by atoms with van der Waals surface area (Å²) in [4.78, 5) is 13.3. The van der Waals surface area contributed by atoms with Crippen molar-refractivity contribution in [3.63, 3.8) is 0 Å². The van der Waals surface area contributed by atoms with Crippen LogP contribution in [0.2, 0.25) is 0 Å². The molecule has 7 heteroatoms. The molecule has 3 heterocycles. The summed E-state index contributed by atoms with van der Waals surface area (Å²) in [5.41, 5.74) is 0.882. The topological polar surface area (TPSA) is 58.3 Å². The molecule has 2 aromatic heterocycles. The Morgan fingerprint density at radius 1 is 1.41 bits per heavy atom. The SMILES string of the molecule is CS[C@H]1CN(Cc2nc(-c3cccnc3)no2)C[C@H]1N(C)C. The molecule has 0 aromatic carbocycles. The van der Waals surface area contributed by atoms with Gasteiger partial charge in [0, 0.05) is 42.3 Å². The molecule has 0 bridgehead atoms. The third-order valence-electron chi connectivity index (χ3n) is 4.03. The lowest BCUT2D eigenvalue weighted by molar-refractivity contribution is 0.238. The van der Waals surface area contributed by atoms with Crippen LogP contribution in [-0.2, 0) is 6.54 Å². The highest BCUT2D eigenvalue weighted by atomic mass is 32.2. The average molecular weight is 319 g/mol. The van der Waals surface area contributed by atoms with Gasteiger partial charge in [-0.15, -0.1) is 0 Å². The van der Waals surface area contributed by atoms with Gasteiger partial charge in [0.15, 0.2) is 0 Å². The quantitative estimate of drug-likeness (QED) is 0.830. The van der Waals surface area contributed by atoms with Gasteiger partial charge in [-0.2, -0.15) is 16.7 Å². The second-order valence-corrected chi connectivity index (χ2v) is 6.83. The molecule has 1 fully saturated rings. The first-order chi connectivity index (χ1) is 10.7. The molecule has 0 aliphatic carbocycles. The van der Waals surface area contributed by atoms with Gasteiger partial charge in [-0.25, -0.2) is 0 Å². The molecule has 0 amide bonds. The lowest BCUT2D eigenvalue weighted by atomic mass is 10.2. The smallest absolute Gasteiger partial charge is 0.241 e. The zero-order chi connectivity index (χ0) is 15.5. The first-order valence-electron chi connectivity index (χ1n) is 7.32. The van der Waals surface area contributed by atoms with E-state index < -0.39 is 0 Å². The molecule has 22 heavy (non-hydrogen) atoms. The van der Waals surface area contributed by atoms with Crippen LogP contribution in [0.4, 0.5) is 0 Å². The van der Waals surface area contributed by atoms with E-state index in [1.54, 1.807) is 12.4 Å². The molecule has 0 saturated carbocycles. The minimum atomic E-state index is 0.565. The predicted molar refractivity (Wildman–Crippen MR) is 87.6 cm³/mol. The number of pyridine rings is 1. The van der Waals surface area contributed by atoms with Crippen LogP contribution in [-0.4, -0.2) is 69.7 Å². The van der Waals surface area contributed by atoms with Gasteiger partial charge in [0.2, 0.25) is 11.7 Å². The molecule has 0 radical (unpaired) electrons. The first-order valence-corrected chi connectivity index (χ1v) is 8.60. The Morgan fingerprint density at radius 2 is 2.27 bits per heavy atom. The zero-order valence-electron chi connectivity index (χ0n) is 13.1. The molecule has 6 nitrogen and oxygen atoms in total. The van der Waals surface area contributed by atoms with Crippen LogP contribution in [0.25, 0.3) is 11.4 Å². The van der Waals surface area contributed by atoms with E-state index in [0.29, 0.717) is 29.6 Å². The van der Waals surface area contributed by atoms with Crippen molar-refractivity contribution in [1.82, 2.24) is 24.9 Å². The summed E-state index contributed by atoms with van der Waals surface area (Å²) in [5.74, 6) is 1.27. The molecule has 118 valence electrons. The number of hydrogen-bond acceptors (Lipinski definition) is 7. The van der Waals surface area contributed by atoms with Gasteiger partial charge >= 0.3 is 0 Å². The van der Waals surface area contributed by atoms with E-state index >= 15 is 0 Å². The maximum Gasteiger partial charge on any atom is 0.241 e. The molecule has 2 atom stereocenters. The lowest BCUT2D eigenvalue weighted by Gasteiger charge is -2.23. The summed E-state index contributed by atoms with van der Waals surface area (Å²) in [6, 6.07) is 4.37. The second-order valence-electron chi connectivity index (χ2n) is 5.75. The van der Waals surface area contributed by atoms with Gasteiger partial charge in [-0.05, 0) is 32.5 Å². The number of rotatable bonds is 5. The summed E-state index contributed by atoms with van der Waals surface area (Å²) >= 11 is 1.93. The Morgan fingerprint density at radius 3 is 2.91 bits per heavy atom. The molecule has 1 aliphatic heterocycles. The fourth-order valence-electron chi connectivity index (χ4n) is 2.81. The van der Waals surface area contributed by atoms with E-state index in [1.165, 1.54) is 0 Å². The summed E-state index contributed by atoms with van der Waals surface area (Å²) in [7, 11) is 4.29. The largest absolute Gasteiger partial charge is 0.338 e. The standard InChI is InChI=1S/C15H21N5OS/c1-19(2)12-8-20(9-13(12)22-3)10-14-17-15(18-21-14)11-5-4-6-16-7-11/h4-7,12-13H,8-10H2,1-3H3/t12-,13+/m1/s1. The normalized spacial score (nSPS) is 22.5. The van der Waals surface area contributed by atoms with Crippen LogP contribution in [0.5, 0.6) is 0 Å². The number of thioether (sulfide) groups is 1. The molecule has 0 spiro atoms. The first kappa shape index (κ1) is 15.5. The Kier molecular flexibility index (Phi) is 4.75. The Balaban J connectivity index is 1.66. The summed E-state index contributed by atoms with van der Waals surface area (Å²) < 4.78 is 5.39. The van der Waals surface area contributed by atoms with E-state index in [9.17, 15) is 0 Å². The number of aromatic nitrogens is 3. The van der Waals surface area contributed by atoms with Crippen LogP contribution >= 0.6 is 11.8 Å². The van der Waals surface area contributed by atoms with Crippen molar-refractivity contribution in [2.45, 2.75) is 17.8 Å². The van der Waals surface area contributed by atoms with Crippen molar-refractivity contribution in [3.8, 4) is 11.4 Å². The van der Waals surface area contributed by atoms with Crippen LogP contribution in [0.1, 0.15) is 5.89 Å². The molecule has 0 unspecified atom stereocenters. The van der Waals surface area contributed by atoms with Crippen molar-refractivity contribution in [2.75, 3.05) is 33.4 Å². The molecule has 2 aromatic rings. The number of hydrogen-bond donors (Lipinski definition) is 0. The van der Waals surface area contributed by atoms with E-state index in [2.05, 4.69) is 45.3 Å². The van der Waals surface area contributed by atoms with E-state index in [4.69, 9.17) is 4.52 Å². The van der Waals surface area contributed by atoms with Gasteiger partial charge < -0.3 is 9.42 Å². The fourth-order valence-corrected chi connectivity index (χ4v) is 3.82. The molecule has 1 saturated heterocycles. The monoisotopic (exact) mass is 319 g/mol. The Hall–Kier alpha value is -1.44. The summed E-state index contributed by atoms with van der Waals surface area (Å²) in [5, 5.41) is 4.67. The maximum atomic E-state index is 5.39. The van der Waals surface area contributed by atoms with Crippen LogP contribution in [0.15, 0.2) is 29.0 Å². The molecular formula is C15H21N5OS. The molecule has 1 aliphatic rings. The van der Waals surface area contributed by atoms with Gasteiger partial charge in [0.1, 0.15) is 0 Å². The van der Waals surface area contributed by atoms with E-state index in [0.717, 1.165) is 18.7 Å². The van der Waals surface area contributed by atoms with Gasteiger partial charge in [0.05, 0.1) is 6.54 Å². The highest BCUT2D eigenvalue weighted by molar-refractivity contribution is 7.99. The summed E-state index contributed by atoms with van der Waals surface area (Å²) in [6.07, 6.45) is 5.66. The third kappa shape index (κ3) is 3.31. The van der Waals surface area contributed by atoms with Gasteiger partial charge in [0.25, 0.3) is 0 Å². The highest BCUT2D eigenvalue weighted by Crippen LogP contribution is 2.25. The number of likely N-dealkylation sites (N-methyl/N-ethyl adjacent to an activating group) is 1. The van der Waals surface area contributed by atoms with Crippen molar-refractivity contribution in [1.29, 1.82) is 0 Å². The molecular weight excluding hydrogens is 298 g/mol. The predicted octanol–water partition coefficient (Wildman–Crippen LogP) is 1.61. The minimum Gasteiger partial charge on any atom is -0.338 e. The van der Waals surface area contributed by atoms with Crippen molar-refractivity contribution < 1.29 is 4.52 Å². The Bertz CT molecular complexity index is 603. The molecule has 0 N–H and O–H groups in total. The average Bonchev–Trinajstić information content (AvgIpc) is 3.15. The fraction of sp³-hybridized carbons (Fsp3) is 0.533. The van der Waals surface area contributed by atoms with Crippen molar-refractivity contribution in [3.05, 3.63) is 30.4 Å². The highest BCUT2D eigenvalue weighted by Gasteiger charge is 2.34. The van der Waals surface area contributed by atoms with Gasteiger partial charge in [-0.3, -0.25) is 9.88 Å². The zero-order valence-corrected chi connectivity index (χ0v) is 14.0. The van der Waals surface area contributed by atoms with Gasteiger partial charge in [-0.1, -0.05) is 5.16 Å². The van der Waals surface area contributed by atoms with Crippen molar-refractivity contribution >= 4 is 11.8 Å². The Labute approximate surface area is 134 Å². The van der Waals surface area contributed by atoms with Crippen molar-refractivity contribution in [2.24, 2.45) is 0 Å². The van der Waals surface area contributed by atoms with Crippen LogP contribution < -0.4 is 0 Å². The summed E-state index contributed by atoms with van der Waals surface area (Å²) in [6.45, 7) is 2.78.